The molecule has 0 fully saturated rings. The van der Waals surface area contributed by atoms with E-state index in [-0.39, 0.29) is 0 Å². The molecule has 0 aliphatic carbocycles. The molecule has 0 aliphatic rings. The Bertz CT molecular complexity index is 661. The molecule has 0 unspecified atom stereocenters. The number of hydrogen-bond acceptors (Lipinski definition) is 5. The van der Waals surface area contributed by atoms with Crippen LogP contribution in [0.15, 0.2) is 17.7 Å². The maximum atomic E-state index is 11.5. The summed E-state index contributed by atoms with van der Waals surface area (Å²) in [5, 5.41) is 2.14. The summed E-state index contributed by atoms with van der Waals surface area (Å²) < 4.78 is 6.52. The van der Waals surface area contributed by atoms with Crippen molar-refractivity contribution in [2.45, 2.75) is 13.0 Å². The van der Waals surface area contributed by atoms with Gasteiger partial charge in [0, 0.05) is 17.7 Å². The van der Waals surface area contributed by atoms with E-state index in [1.807, 2.05) is 5.38 Å². The minimum Gasteiger partial charge on any atom is -0.449 e. The predicted molar refractivity (Wildman–Crippen MR) is 71.9 cm³/mol. The van der Waals surface area contributed by atoms with Crippen LogP contribution in [0.25, 0.3) is 11.0 Å². The van der Waals surface area contributed by atoms with Crippen molar-refractivity contribution in [2.75, 3.05) is 0 Å². The number of nitrogens with two attached hydrogens (primary N) is 1. The molecule has 2 rings (SSSR count). The van der Waals surface area contributed by atoms with Crippen molar-refractivity contribution in [2.24, 2.45) is 5.73 Å². The van der Waals surface area contributed by atoms with Gasteiger partial charge < -0.3 is 10.5 Å². The lowest BCUT2D eigenvalue weighted by Gasteiger charge is -2.06. The molecule has 2 heterocycles. The number of imidazole rings is 1. The number of thiazole rings is 1. The zero-order valence-corrected chi connectivity index (χ0v) is 11.4. The highest BCUT2D eigenvalue weighted by atomic mass is 35.5. The monoisotopic (exact) mass is 299 g/mol. The second-order valence-electron chi connectivity index (χ2n) is 3.66. The van der Waals surface area contributed by atoms with E-state index in [1.165, 1.54) is 30.4 Å². The largest absolute Gasteiger partial charge is 0.449 e. The first-order valence-corrected chi connectivity index (χ1v) is 6.54. The van der Waals surface area contributed by atoms with E-state index in [2.05, 4.69) is 4.98 Å². The average Bonchev–Trinajstić information content (AvgIpc) is 2.87. The molecule has 1 atom stereocenters. The van der Waals surface area contributed by atoms with Gasteiger partial charge in [-0.3, -0.25) is 9.20 Å². The van der Waals surface area contributed by atoms with E-state index in [0.29, 0.717) is 10.8 Å². The van der Waals surface area contributed by atoms with Gasteiger partial charge in [0.05, 0.1) is 5.69 Å². The molecule has 2 N–H and O–H groups in total. The summed E-state index contributed by atoms with van der Waals surface area (Å²) in [6.45, 7) is 1.40. The summed E-state index contributed by atoms with van der Waals surface area (Å²) in [6.07, 6.45) is 3.47. The molecule has 19 heavy (non-hydrogen) atoms. The molecule has 2 aromatic rings. The molecule has 0 spiro atoms. The Balaban J connectivity index is 2.14. The number of hydrogen-bond donors (Lipinski definition) is 1. The smallest absolute Gasteiger partial charge is 0.331 e. The number of halogens is 1. The molecule has 0 bridgehead atoms. The minimum absolute atomic E-state index is 0.291. The Morgan fingerprint density at radius 1 is 1.63 bits per heavy atom. The van der Waals surface area contributed by atoms with Gasteiger partial charge in [0.2, 0.25) is 0 Å². The number of primary amides is 1. The molecule has 0 radical (unpaired) electrons. The molecule has 0 saturated carbocycles. The Kier molecular flexibility index (Phi) is 3.87. The van der Waals surface area contributed by atoms with E-state index in [4.69, 9.17) is 22.1 Å². The summed E-state index contributed by atoms with van der Waals surface area (Å²) in [7, 11) is 0. The normalized spacial score (nSPS) is 12.9. The predicted octanol–water partition coefficient (Wildman–Crippen LogP) is 1.48. The molecule has 0 aliphatic heterocycles. The van der Waals surface area contributed by atoms with Gasteiger partial charge >= 0.3 is 5.97 Å². The molecular weight excluding hydrogens is 290 g/mol. The number of esters is 1. The van der Waals surface area contributed by atoms with Gasteiger partial charge in [-0.05, 0) is 13.0 Å². The van der Waals surface area contributed by atoms with Crippen LogP contribution < -0.4 is 5.73 Å². The van der Waals surface area contributed by atoms with Crippen LogP contribution in [0.2, 0.25) is 5.15 Å². The standard InChI is InChI=1S/C11H10ClN3O3S/c1-6(10(13)17)18-8(16)3-2-7-9(12)14-11-15(7)4-5-19-11/h2-6H,1H3,(H2,13,17)/b3-2-/t6-/m1/s1. The molecular formula is C11H10ClN3O3S. The molecule has 100 valence electrons. The quantitative estimate of drug-likeness (QED) is 0.684. The lowest BCUT2D eigenvalue weighted by Crippen LogP contribution is -2.29. The van der Waals surface area contributed by atoms with Gasteiger partial charge in [-0.2, -0.15) is 0 Å². The van der Waals surface area contributed by atoms with Crippen molar-refractivity contribution in [3.8, 4) is 0 Å². The third kappa shape index (κ3) is 2.94. The maximum Gasteiger partial charge on any atom is 0.331 e. The Morgan fingerprint density at radius 2 is 2.37 bits per heavy atom. The second kappa shape index (κ2) is 5.41. The number of carbonyl (C=O) groups excluding carboxylic acids is 2. The van der Waals surface area contributed by atoms with Crippen molar-refractivity contribution in [1.29, 1.82) is 0 Å². The van der Waals surface area contributed by atoms with Crippen LogP contribution in [0.5, 0.6) is 0 Å². The summed E-state index contributed by atoms with van der Waals surface area (Å²) in [5.41, 5.74) is 5.56. The van der Waals surface area contributed by atoms with Gasteiger partial charge in [0.25, 0.3) is 5.91 Å². The third-order valence-electron chi connectivity index (χ3n) is 2.33. The van der Waals surface area contributed by atoms with Gasteiger partial charge in [-0.1, -0.05) is 11.6 Å². The summed E-state index contributed by atoms with van der Waals surface area (Å²) in [4.78, 5) is 27.0. The van der Waals surface area contributed by atoms with Crippen molar-refractivity contribution in [3.63, 3.8) is 0 Å². The highest BCUT2D eigenvalue weighted by molar-refractivity contribution is 7.15. The lowest BCUT2D eigenvalue weighted by atomic mass is 10.3. The zero-order chi connectivity index (χ0) is 14.0. The van der Waals surface area contributed by atoms with Crippen LogP contribution in [0, 0.1) is 0 Å². The Hall–Kier alpha value is -1.86. The van der Waals surface area contributed by atoms with E-state index in [9.17, 15) is 9.59 Å². The van der Waals surface area contributed by atoms with Crippen molar-refractivity contribution in [3.05, 3.63) is 28.5 Å². The molecule has 2 aromatic heterocycles. The maximum absolute atomic E-state index is 11.5. The molecule has 0 saturated heterocycles. The summed E-state index contributed by atoms with van der Waals surface area (Å²) in [5.74, 6) is -1.38. The number of rotatable bonds is 4. The lowest BCUT2D eigenvalue weighted by molar-refractivity contribution is -0.148. The van der Waals surface area contributed by atoms with Crippen molar-refractivity contribution in [1.82, 2.24) is 9.38 Å². The topological polar surface area (TPSA) is 86.7 Å². The highest BCUT2D eigenvalue weighted by Crippen LogP contribution is 2.22. The number of carbonyl (C=O) groups is 2. The Morgan fingerprint density at radius 3 is 3.05 bits per heavy atom. The van der Waals surface area contributed by atoms with E-state index >= 15 is 0 Å². The SMILES string of the molecule is C[C@@H](OC(=O)/C=C\c1c(Cl)nc2sccn12)C(N)=O. The molecule has 6 nitrogen and oxygen atoms in total. The number of aromatic nitrogens is 2. The van der Waals surface area contributed by atoms with Gasteiger partial charge in [-0.25, -0.2) is 9.78 Å². The molecule has 1 amide bonds. The number of nitrogens with zero attached hydrogens (tertiary/aromatic N) is 2. The van der Waals surface area contributed by atoms with Crippen molar-refractivity contribution >= 4 is 45.9 Å². The number of amides is 1. The third-order valence-corrected chi connectivity index (χ3v) is 3.36. The van der Waals surface area contributed by atoms with Gasteiger partial charge in [-0.15, -0.1) is 11.3 Å². The second-order valence-corrected chi connectivity index (χ2v) is 4.89. The van der Waals surface area contributed by atoms with E-state index in [1.54, 1.807) is 10.6 Å². The van der Waals surface area contributed by atoms with Crippen LogP contribution in [0.3, 0.4) is 0 Å². The average molecular weight is 300 g/mol. The molecule has 0 aromatic carbocycles. The van der Waals surface area contributed by atoms with E-state index < -0.39 is 18.0 Å². The molecule has 8 heteroatoms. The number of fused-ring (bicyclic) bond motifs is 1. The first kappa shape index (κ1) is 13.6. The fraction of sp³-hybridized carbons (Fsp3) is 0.182. The first-order valence-electron chi connectivity index (χ1n) is 5.28. The van der Waals surface area contributed by atoms with Crippen LogP contribution in [0.1, 0.15) is 12.6 Å². The fourth-order valence-corrected chi connectivity index (χ4v) is 2.35. The van der Waals surface area contributed by atoms with Gasteiger partial charge in [0.15, 0.2) is 16.2 Å². The van der Waals surface area contributed by atoms with E-state index in [0.717, 1.165) is 4.96 Å². The van der Waals surface area contributed by atoms with Crippen LogP contribution in [0.4, 0.5) is 0 Å². The Labute approximate surface area is 117 Å². The summed E-state index contributed by atoms with van der Waals surface area (Å²) in [6, 6.07) is 0. The van der Waals surface area contributed by atoms with Crippen LogP contribution in [-0.4, -0.2) is 27.4 Å². The highest BCUT2D eigenvalue weighted by Gasteiger charge is 2.13. The van der Waals surface area contributed by atoms with Gasteiger partial charge in [0.1, 0.15) is 0 Å². The minimum atomic E-state index is -0.973. The number of ether oxygens (including phenoxy) is 1. The summed E-state index contributed by atoms with van der Waals surface area (Å²) >= 11 is 7.37. The van der Waals surface area contributed by atoms with Crippen LogP contribution >= 0.6 is 22.9 Å². The fourth-order valence-electron chi connectivity index (χ4n) is 1.34. The van der Waals surface area contributed by atoms with Crippen LogP contribution in [-0.2, 0) is 14.3 Å². The first-order chi connectivity index (χ1) is 8.99. The zero-order valence-electron chi connectivity index (χ0n) is 9.87. The van der Waals surface area contributed by atoms with Crippen molar-refractivity contribution < 1.29 is 14.3 Å².